The first-order valence-electron chi connectivity index (χ1n) is 5.37. The van der Waals surface area contributed by atoms with E-state index in [0.717, 1.165) is 18.5 Å². The lowest BCUT2D eigenvalue weighted by Gasteiger charge is -2.25. The summed E-state index contributed by atoms with van der Waals surface area (Å²) in [6.07, 6.45) is 1.71. The Kier molecular flexibility index (Phi) is 3.03. The molecule has 1 aromatic carbocycles. The molecule has 0 aromatic heterocycles. The van der Waals surface area contributed by atoms with Crippen molar-refractivity contribution in [2.24, 2.45) is 0 Å². The molecule has 2 rings (SSSR count). The fourth-order valence-corrected chi connectivity index (χ4v) is 2.07. The molecular formula is C12H16FNO. The van der Waals surface area contributed by atoms with E-state index >= 15 is 0 Å². The Labute approximate surface area is 89.1 Å². The lowest BCUT2D eigenvalue weighted by atomic mass is 9.99. The Balaban J connectivity index is 2.03. The molecule has 1 saturated heterocycles. The molecule has 1 aliphatic rings. The van der Waals surface area contributed by atoms with Gasteiger partial charge in [0, 0.05) is 6.42 Å². The molecule has 0 aliphatic carbocycles. The smallest absolute Gasteiger partial charge is 0.226 e. The number of hydrogen-bond acceptors (Lipinski definition) is 2. The van der Waals surface area contributed by atoms with Gasteiger partial charge in [0.25, 0.3) is 0 Å². The summed E-state index contributed by atoms with van der Waals surface area (Å²) in [5.41, 5.74) is 0.830. The van der Waals surface area contributed by atoms with E-state index in [1.54, 1.807) is 0 Å². The van der Waals surface area contributed by atoms with Crippen LogP contribution in [0.1, 0.15) is 18.4 Å². The molecule has 3 heteroatoms. The zero-order chi connectivity index (χ0) is 10.7. The summed E-state index contributed by atoms with van der Waals surface area (Å²) in [4.78, 5) is 0. The Morgan fingerprint density at radius 3 is 2.73 bits per heavy atom. The molecule has 1 fully saturated rings. The first-order chi connectivity index (χ1) is 7.18. The van der Waals surface area contributed by atoms with E-state index in [4.69, 9.17) is 0 Å². The van der Waals surface area contributed by atoms with E-state index in [1.165, 1.54) is 0 Å². The second kappa shape index (κ2) is 4.29. The van der Waals surface area contributed by atoms with Crippen molar-refractivity contribution < 1.29 is 9.50 Å². The highest BCUT2D eigenvalue weighted by Gasteiger charge is 2.38. The van der Waals surface area contributed by atoms with E-state index in [9.17, 15) is 9.50 Å². The summed E-state index contributed by atoms with van der Waals surface area (Å²) in [6.45, 7) is 0.797. The maximum atomic E-state index is 14.0. The SMILES string of the molecule is OC(F)(Cc1ccccc1)[C@@H]1CCCN1. The van der Waals surface area contributed by atoms with Crippen LogP contribution in [0.3, 0.4) is 0 Å². The molecule has 0 radical (unpaired) electrons. The lowest BCUT2D eigenvalue weighted by Crippen LogP contribution is -2.45. The largest absolute Gasteiger partial charge is 0.360 e. The summed E-state index contributed by atoms with van der Waals surface area (Å²) in [7, 11) is 0. The number of aliphatic hydroxyl groups is 1. The molecule has 1 aliphatic heterocycles. The van der Waals surface area contributed by atoms with E-state index in [2.05, 4.69) is 5.32 Å². The molecule has 15 heavy (non-hydrogen) atoms. The zero-order valence-corrected chi connectivity index (χ0v) is 8.62. The van der Waals surface area contributed by atoms with Gasteiger partial charge in [0.15, 0.2) is 0 Å². The first kappa shape index (κ1) is 10.6. The van der Waals surface area contributed by atoms with Crippen LogP contribution in [0.25, 0.3) is 0 Å². The Morgan fingerprint density at radius 1 is 1.40 bits per heavy atom. The second-order valence-electron chi connectivity index (χ2n) is 4.13. The fraction of sp³-hybridized carbons (Fsp3) is 0.500. The minimum Gasteiger partial charge on any atom is -0.360 e. The van der Waals surface area contributed by atoms with Crippen molar-refractivity contribution in [2.45, 2.75) is 31.2 Å². The monoisotopic (exact) mass is 209 g/mol. The molecule has 2 atom stereocenters. The van der Waals surface area contributed by atoms with Crippen LogP contribution in [-0.2, 0) is 6.42 Å². The number of nitrogens with one attached hydrogen (secondary N) is 1. The third kappa shape index (κ3) is 2.55. The molecule has 1 aromatic rings. The summed E-state index contributed by atoms with van der Waals surface area (Å²) in [5, 5.41) is 12.7. The Hall–Kier alpha value is -0.930. The summed E-state index contributed by atoms with van der Waals surface area (Å²) in [6, 6.07) is 8.84. The molecule has 2 nitrogen and oxygen atoms in total. The van der Waals surface area contributed by atoms with Crippen molar-refractivity contribution in [1.82, 2.24) is 5.32 Å². The summed E-state index contributed by atoms with van der Waals surface area (Å²) >= 11 is 0. The van der Waals surface area contributed by atoms with Gasteiger partial charge in [-0.2, -0.15) is 0 Å². The molecule has 0 bridgehead atoms. The lowest BCUT2D eigenvalue weighted by molar-refractivity contribution is -0.111. The average molecular weight is 209 g/mol. The van der Waals surface area contributed by atoms with Gasteiger partial charge in [0.05, 0.1) is 6.04 Å². The van der Waals surface area contributed by atoms with E-state index in [0.29, 0.717) is 6.42 Å². The Bertz CT molecular complexity index is 307. The van der Waals surface area contributed by atoms with Crippen LogP contribution in [-0.4, -0.2) is 23.5 Å². The standard InChI is InChI=1S/C12H16FNO/c13-12(15,11-7-4-8-14-11)9-10-5-2-1-3-6-10/h1-3,5-6,11,14-15H,4,7-9H2/t11-,12?/m0/s1. The number of hydrogen-bond donors (Lipinski definition) is 2. The van der Waals surface area contributed by atoms with E-state index in [1.807, 2.05) is 30.3 Å². The highest BCUT2D eigenvalue weighted by molar-refractivity contribution is 5.17. The molecule has 2 N–H and O–H groups in total. The van der Waals surface area contributed by atoms with Crippen LogP contribution in [0.4, 0.5) is 4.39 Å². The van der Waals surface area contributed by atoms with Crippen molar-refractivity contribution in [3.8, 4) is 0 Å². The predicted octanol–water partition coefficient (Wildman–Crippen LogP) is 1.64. The van der Waals surface area contributed by atoms with Crippen molar-refractivity contribution in [3.05, 3.63) is 35.9 Å². The van der Waals surface area contributed by atoms with Gasteiger partial charge < -0.3 is 10.4 Å². The maximum absolute atomic E-state index is 14.0. The van der Waals surface area contributed by atoms with Crippen LogP contribution < -0.4 is 5.32 Å². The van der Waals surface area contributed by atoms with Gasteiger partial charge in [-0.05, 0) is 24.9 Å². The van der Waals surface area contributed by atoms with E-state index in [-0.39, 0.29) is 6.42 Å². The topological polar surface area (TPSA) is 32.3 Å². The van der Waals surface area contributed by atoms with Crippen molar-refractivity contribution in [2.75, 3.05) is 6.54 Å². The van der Waals surface area contributed by atoms with Gasteiger partial charge in [-0.25, -0.2) is 4.39 Å². The average Bonchev–Trinajstić information content (AvgIpc) is 2.71. The molecule has 0 saturated carbocycles. The number of alkyl halides is 1. The normalized spacial score (nSPS) is 25.1. The molecule has 1 heterocycles. The summed E-state index contributed by atoms with van der Waals surface area (Å²) in [5.74, 6) is -2.13. The third-order valence-electron chi connectivity index (χ3n) is 2.89. The van der Waals surface area contributed by atoms with Gasteiger partial charge in [0.1, 0.15) is 0 Å². The minimum atomic E-state index is -2.13. The number of benzene rings is 1. The van der Waals surface area contributed by atoms with Crippen LogP contribution in [0.5, 0.6) is 0 Å². The molecule has 0 spiro atoms. The summed E-state index contributed by atoms with van der Waals surface area (Å²) < 4.78 is 14.0. The maximum Gasteiger partial charge on any atom is 0.226 e. The molecule has 82 valence electrons. The van der Waals surface area contributed by atoms with Crippen LogP contribution in [0.2, 0.25) is 0 Å². The third-order valence-corrected chi connectivity index (χ3v) is 2.89. The van der Waals surface area contributed by atoms with Gasteiger partial charge in [-0.3, -0.25) is 0 Å². The Morgan fingerprint density at radius 2 is 2.13 bits per heavy atom. The minimum absolute atomic E-state index is 0.0610. The number of rotatable bonds is 3. The van der Waals surface area contributed by atoms with Gasteiger partial charge in [0.2, 0.25) is 5.85 Å². The number of halogens is 1. The highest BCUT2D eigenvalue weighted by Crippen LogP contribution is 2.24. The van der Waals surface area contributed by atoms with Crippen LogP contribution >= 0.6 is 0 Å². The fourth-order valence-electron chi connectivity index (χ4n) is 2.07. The first-order valence-corrected chi connectivity index (χ1v) is 5.37. The van der Waals surface area contributed by atoms with Crippen molar-refractivity contribution >= 4 is 0 Å². The van der Waals surface area contributed by atoms with E-state index < -0.39 is 11.9 Å². The quantitative estimate of drug-likeness (QED) is 0.793. The molecule has 0 amide bonds. The van der Waals surface area contributed by atoms with Crippen LogP contribution in [0, 0.1) is 0 Å². The second-order valence-corrected chi connectivity index (χ2v) is 4.13. The predicted molar refractivity (Wildman–Crippen MR) is 57.2 cm³/mol. The van der Waals surface area contributed by atoms with Crippen LogP contribution in [0.15, 0.2) is 30.3 Å². The molecule has 1 unspecified atom stereocenters. The van der Waals surface area contributed by atoms with Gasteiger partial charge in [-0.1, -0.05) is 30.3 Å². The highest BCUT2D eigenvalue weighted by atomic mass is 19.2. The van der Waals surface area contributed by atoms with Gasteiger partial charge in [-0.15, -0.1) is 0 Å². The zero-order valence-electron chi connectivity index (χ0n) is 8.62. The molecular weight excluding hydrogens is 193 g/mol. The van der Waals surface area contributed by atoms with Gasteiger partial charge >= 0.3 is 0 Å². The van der Waals surface area contributed by atoms with Crippen molar-refractivity contribution in [1.29, 1.82) is 0 Å². The van der Waals surface area contributed by atoms with Crippen molar-refractivity contribution in [3.63, 3.8) is 0 Å².